The van der Waals surface area contributed by atoms with Gasteiger partial charge in [-0.05, 0) is 42.8 Å². The molecule has 2 aromatic carbocycles. The number of halogens is 2. The highest BCUT2D eigenvalue weighted by Crippen LogP contribution is 2.33. The molecule has 0 saturated carbocycles. The molecule has 0 atom stereocenters. The molecule has 3 aromatic rings. The zero-order valence-corrected chi connectivity index (χ0v) is 19.6. The Hall–Kier alpha value is -3.69. The fourth-order valence-electron chi connectivity index (χ4n) is 4.42. The number of imide groups is 1. The number of morpholine rings is 1. The number of nitrogens with zero attached hydrogens (tertiary/aromatic N) is 3. The fourth-order valence-corrected chi connectivity index (χ4v) is 4.61. The van der Waals surface area contributed by atoms with Gasteiger partial charge < -0.3 is 9.64 Å². The molecule has 1 fully saturated rings. The molecule has 180 valence electrons. The Labute approximate surface area is 205 Å². The number of ether oxygens (including phenoxy) is 1. The largest absolute Gasteiger partial charge is 0.378 e. The summed E-state index contributed by atoms with van der Waals surface area (Å²) in [7, 11) is 0. The summed E-state index contributed by atoms with van der Waals surface area (Å²) in [5, 5.41) is 3.46. The van der Waals surface area contributed by atoms with Crippen molar-refractivity contribution in [3.63, 3.8) is 0 Å². The van der Waals surface area contributed by atoms with E-state index in [0.29, 0.717) is 48.3 Å². The van der Waals surface area contributed by atoms with Crippen molar-refractivity contribution in [2.45, 2.75) is 13.5 Å². The Morgan fingerprint density at radius 3 is 2.43 bits per heavy atom. The lowest BCUT2D eigenvalue weighted by atomic mass is 10.0. The van der Waals surface area contributed by atoms with Crippen LogP contribution in [0, 0.1) is 12.7 Å². The molecule has 0 bridgehead atoms. The van der Waals surface area contributed by atoms with Crippen LogP contribution < -0.4 is 5.56 Å². The predicted octanol–water partition coefficient (Wildman–Crippen LogP) is 2.88. The number of benzene rings is 2. The molecule has 1 aromatic heterocycles. The maximum absolute atomic E-state index is 13.7. The van der Waals surface area contributed by atoms with E-state index in [-0.39, 0.29) is 23.4 Å². The molecular formula is C25H22ClFN4O4. The van der Waals surface area contributed by atoms with Crippen LogP contribution >= 0.6 is 11.6 Å². The summed E-state index contributed by atoms with van der Waals surface area (Å²) < 4.78 is 20.1. The highest BCUT2D eigenvalue weighted by atomic mass is 35.5. The smallest absolute Gasteiger partial charge is 0.279 e. The number of carbonyl (C=O) groups is 2. The monoisotopic (exact) mass is 496 g/mol. The highest BCUT2D eigenvalue weighted by Gasteiger charge is 2.44. The summed E-state index contributed by atoms with van der Waals surface area (Å²) in [6.45, 7) is 3.26. The molecule has 0 unspecified atom stereocenters. The van der Waals surface area contributed by atoms with Crippen molar-refractivity contribution in [3.05, 3.63) is 92.2 Å². The topological polar surface area (TPSA) is 87.6 Å². The first-order valence-electron chi connectivity index (χ1n) is 11.1. The number of rotatable bonds is 5. The molecule has 8 nitrogen and oxygen atoms in total. The molecule has 0 aliphatic carbocycles. The minimum atomic E-state index is -0.571. The number of aryl methyl sites for hydroxylation is 1. The first kappa shape index (κ1) is 23.1. The average molecular weight is 497 g/mol. The Bertz CT molecular complexity index is 1400. The van der Waals surface area contributed by atoms with E-state index in [1.54, 1.807) is 36.1 Å². The second-order valence-corrected chi connectivity index (χ2v) is 8.81. The third-order valence-electron chi connectivity index (χ3n) is 6.11. The van der Waals surface area contributed by atoms with E-state index < -0.39 is 23.2 Å². The molecule has 2 aliphatic rings. The number of aromatic amines is 1. The van der Waals surface area contributed by atoms with E-state index in [4.69, 9.17) is 16.3 Å². The van der Waals surface area contributed by atoms with Crippen molar-refractivity contribution in [2.75, 3.05) is 26.3 Å². The van der Waals surface area contributed by atoms with Gasteiger partial charge in [0.15, 0.2) is 0 Å². The van der Waals surface area contributed by atoms with Crippen LogP contribution in [0.4, 0.5) is 4.39 Å². The zero-order valence-electron chi connectivity index (χ0n) is 18.9. The normalized spacial score (nSPS) is 16.5. The molecule has 35 heavy (non-hydrogen) atoms. The van der Waals surface area contributed by atoms with E-state index in [9.17, 15) is 18.8 Å². The quantitative estimate of drug-likeness (QED) is 0.549. The molecule has 5 rings (SSSR count). The van der Waals surface area contributed by atoms with Crippen LogP contribution in [0.5, 0.6) is 0 Å². The number of amides is 2. The van der Waals surface area contributed by atoms with Gasteiger partial charge in [0, 0.05) is 23.8 Å². The SMILES string of the molecule is Cc1[nH]n(-c2cccc(Cl)c2)c(=O)c1C1=C(N2CCOCC2)C(=O)N(Cc2ccc(F)cc2)C1=O. The number of carbonyl (C=O) groups excluding carboxylic acids is 2. The Kier molecular flexibility index (Phi) is 6.04. The summed E-state index contributed by atoms with van der Waals surface area (Å²) in [5.74, 6) is -1.48. The Morgan fingerprint density at radius 1 is 1.03 bits per heavy atom. The Balaban J connectivity index is 1.62. The summed E-state index contributed by atoms with van der Waals surface area (Å²) in [4.78, 5) is 43.7. The first-order valence-corrected chi connectivity index (χ1v) is 11.5. The lowest BCUT2D eigenvalue weighted by Crippen LogP contribution is -2.40. The van der Waals surface area contributed by atoms with Gasteiger partial charge >= 0.3 is 0 Å². The molecule has 1 N–H and O–H groups in total. The van der Waals surface area contributed by atoms with E-state index in [2.05, 4.69) is 5.10 Å². The van der Waals surface area contributed by atoms with Gasteiger partial charge in [0.2, 0.25) is 0 Å². The van der Waals surface area contributed by atoms with Gasteiger partial charge in [0.25, 0.3) is 17.4 Å². The van der Waals surface area contributed by atoms with Crippen LogP contribution in [0.1, 0.15) is 16.8 Å². The van der Waals surface area contributed by atoms with Gasteiger partial charge in [-0.2, -0.15) is 0 Å². The number of hydrogen-bond donors (Lipinski definition) is 1. The highest BCUT2D eigenvalue weighted by molar-refractivity contribution is 6.35. The van der Waals surface area contributed by atoms with Gasteiger partial charge in [-0.25, -0.2) is 9.07 Å². The lowest BCUT2D eigenvalue weighted by Gasteiger charge is -2.29. The van der Waals surface area contributed by atoms with E-state index in [0.717, 1.165) is 4.90 Å². The molecule has 0 radical (unpaired) electrons. The van der Waals surface area contributed by atoms with Crippen molar-refractivity contribution >= 4 is 29.0 Å². The minimum Gasteiger partial charge on any atom is -0.378 e. The second-order valence-electron chi connectivity index (χ2n) is 8.38. The van der Waals surface area contributed by atoms with Crippen molar-refractivity contribution in [1.29, 1.82) is 0 Å². The number of nitrogens with one attached hydrogen (secondary N) is 1. The average Bonchev–Trinajstić information content (AvgIpc) is 3.27. The van der Waals surface area contributed by atoms with Crippen LogP contribution in [0.15, 0.2) is 59.0 Å². The van der Waals surface area contributed by atoms with Crippen LogP contribution in [-0.2, 0) is 20.9 Å². The van der Waals surface area contributed by atoms with Gasteiger partial charge in [-0.15, -0.1) is 0 Å². The number of H-pyrrole nitrogens is 1. The predicted molar refractivity (Wildman–Crippen MR) is 127 cm³/mol. The molecule has 3 heterocycles. The van der Waals surface area contributed by atoms with Crippen LogP contribution in [0.3, 0.4) is 0 Å². The first-order chi connectivity index (χ1) is 16.8. The molecule has 2 aliphatic heterocycles. The number of aromatic nitrogens is 2. The van der Waals surface area contributed by atoms with E-state index in [1.165, 1.54) is 28.9 Å². The third-order valence-corrected chi connectivity index (χ3v) is 6.35. The van der Waals surface area contributed by atoms with Crippen molar-refractivity contribution in [3.8, 4) is 5.69 Å². The molecule has 0 spiro atoms. The molecule has 1 saturated heterocycles. The summed E-state index contributed by atoms with van der Waals surface area (Å²) >= 11 is 6.11. The third kappa shape index (κ3) is 4.17. The minimum absolute atomic E-state index is 0.0404. The van der Waals surface area contributed by atoms with Gasteiger partial charge in [0.05, 0.1) is 36.6 Å². The van der Waals surface area contributed by atoms with Crippen LogP contribution in [0.25, 0.3) is 11.3 Å². The van der Waals surface area contributed by atoms with Crippen molar-refractivity contribution in [2.24, 2.45) is 0 Å². The van der Waals surface area contributed by atoms with E-state index >= 15 is 0 Å². The molecular weight excluding hydrogens is 475 g/mol. The Morgan fingerprint density at radius 2 is 1.74 bits per heavy atom. The fraction of sp³-hybridized carbons (Fsp3) is 0.240. The maximum Gasteiger partial charge on any atom is 0.279 e. The van der Waals surface area contributed by atoms with Gasteiger partial charge in [-0.3, -0.25) is 24.4 Å². The number of hydrogen-bond acceptors (Lipinski definition) is 5. The summed E-state index contributed by atoms with van der Waals surface area (Å²) in [6, 6.07) is 12.3. The zero-order chi connectivity index (χ0) is 24.7. The summed E-state index contributed by atoms with van der Waals surface area (Å²) in [5.41, 5.74) is 1.45. The maximum atomic E-state index is 13.7. The van der Waals surface area contributed by atoms with Gasteiger partial charge in [0.1, 0.15) is 11.5 Å². The molecule has 10 heteroatoms. The summed E-state index contributed by atoms with van der Waals surface area (Å²) in [6.07, 6.45) is 0. The van der Waals surface area contributed by atoms with Gasteiger partial charge in [-0.1, -0.05) is 29.8 Å². The lowest BCUT2D eigenvalue weighted by molar-refractivity contribution is -0.138. The second kappa shape index (κ2) is 9.16. The molecule has 2 amide bonds. The van der Waals surface area contributed by atoms with Crippen molar-refractivity contribution < 1.29 is 18.7 Å². The van der Waals surface area contributed by atoms with E-state index in [1.807, 2.05) is 0 Å². The standard InChI is InChI=1S/C25H22ClFN4O4/c1-15-20(24(33)31(28-15)19-4-2-3-17(26)13-19)21-22(29-9-11-35-12-10-29)25(34)30(23(21)32)14-16-5-7-18(27)8-6-16/h2-8,13,28H,9-12,14H2,1H3. The van der Waals surface area contributed by atoms with Crippen molar-refractivity contribution in [1.82, 2.24) is 19.6 Å². The van der Waals surface area contributed by atoms with Crippen LogP contribution in [-0.4, -0.2) is 57.7 Å². The van der Waals surface area contributed by atoms with Crippen LogP contribution in [0.2, 0.25) is 5.02 Å².